The number of halogens is 2. The molecule has 2 nitrogen and oxygen atoms in total. The van der Waals surface area contributed by atoms with Crippen molar-refractivity contribution >= 4 is 47.0 Å². The first-order valence-electron chi connectivity index (χ1n) is 3.22. The first kappa shape index (κ1) is 10.2. The van der Waals surface area contributed by atoms with Gasteiger partial charge in [-0.2, -0.15) is 8.42 Å². The Morgan fingerprint density at radius 1 is 1.33 bits per heavy atom. The molecule has 1 atom stereocenters. The van der Waals surface area contributed by atoms with Gasteiger partial charge in [0.15, 0.2) is 0 Å². The molecule has 0 radical (unpaired) electrons. The Bertz CT molecular complexity index is 344. The molecule has 1 aliphatic carbocycles. The van der Waals surface area contributed by atoms with Crippen LogP contribution >= 0.6 is 31.9 Å². The number of hydrogen-bond donors (Lipinski definition) is 0. The van der Waals surface area contributed by atoms with Crippen molar-refractivity contribution in [2.24, 2.45) is 5.92 Å². The van der Waals surface area contributed by atoms with Crippen molar-refractivity contribution in [3.8, 4) is 0 Å². The number of alkyl halides is 2. The largest absolute Gasteiger partial charge is 0.217 e. The van der Waals surface area contributed by atoms with Gasteiger partial charge in [0.2, 0.25) is 10.3 Å². The van der Waals surface area contributed by atoms with Crippen LogP contribution in [0.2, 0.25) is 0 Å². The first-order chi connectivity index (χ1) is 5.63. The van der Waals surface area contributed by atoms with E-state index in [1.165, 1.54) is 0 Å². The Hall–Kier alpha value is 0.130. The van der Waals surface area contributed by atoms with Crippen LogP contribution < -0.4 is 0 Å². The van der Waals surface area contributed by atoms with Gasteiger partial charge >= 0.3 is 0 Å². The van der Waals surface area contributed by atoms with Gasteiger partial charge in [0.25, 0.3) is 0 Å². The van der Waals surface area contributed by atoms with Crippen LogP contribution in [0.1, 0.15) is 0 Å². The van der Waals surface area contributed by atoms with E-state index >= 15 is 0 Å². The zero-order valence-electron chi connectivity index (χ0n) is 5.94. The summed E-state index contributed by atoms with van der Waals surface area (Å²) in [6.45, 7) is 0. The van der Waals surface area contributed by atoms with Crippen LogP contribution in [-0.4, -0.2) is 17.0 Å². The van der Waals surface area contributed by atoms with E-state index in [9.17, 15) is 8.42 Å². The summed E-state index contributed by atoms with van der Waals surface area (Å²) in [5.74, 6) is -0.117. The summed E-state index contributed by atoms with van der Waals surface area (Å²) in [5.41, 5.74) is 0. The maximum atomic E-state index is 10.7. The minimum atomic E-state index is -2.13. The molecule has 0 saturated heterocycles. The number of allylic oxidation sites excluding steroid dienone is 4. The van der Waals surface area contributed by atoms with Crippen LogP contribution in [0.3, 0.4) is 0 Å². The lowest BCUT2D eigenvalue weighted by Crippen LogP contribution is -2.18. The van der Waals surface area contributed by atoms with E-state index in [1.807, 2.05) is 12.2 Å². The fourth-order valence-corrected chi connectivity index (χ4v) is 2.81. The van der Waals surface area contributed by atoms with Crippen molar-refractivity contribution in [3.63, 3.8) is 0 Å². The minimum absolute atomic E-state index is 0.0425. The molecule has 0 heterocycles. The molecule has 0 fully saturated rings. The Morgan fingerprint density at radius 2 is 2.00 bits per heavy atom. The van der Waals surface area contributed by atoms with Crippen LogP contribution in [0.5, 0.6) is 0 Å². The van der Waals surface area contributed by atoms with E-state index in [0.717, 1.165) is 0 Å². The van der Waals surface area contributed by atoms with Crippen LogP contribution in [0.25, 0.3) is 0 Å². The van der Waals surface area contributed by atoms with Gasteiger partial charge in [0.05, 0.1) is 8.60 Å². The fraction of sp³-hybridized carbons (Fsp3) is 0.286. The molecule has 0 amide bonds. The summed E-state index contributed by atoms with van der Waals surface area (Å²) in [5, 5.41) is 0. The highest BCUT2D eigenvalue weighted by Gasteiger charge is 2.20. The predicted octanol–water partition coefficient (Wildman–Crippen LogP) is 1.90. The van der Waals surface area contributed by atoms with Crippen LogP contribution in [0.4, 0.5) is 0 Å². The van der Waals surface area contributed by atoms with E-state index < -0.39 is 10.3 Å². The van der Waals surface area contributed by atoms with Crippen molar-refractivity contribution in [3.05, 3.63) is 24.3 Å². The molecule has 0 saturated carbocycles. The van der Waals surface area contributed by atoms with Gasteiger partial charge in [-0.15, -0.1) is 0 Å². The van der Waals surface area contributed by atoms with Gasteiger partial charge in [0, 0.05) is 5.92 Å². The SMILES string of the molecule is O=S(=O)=C1C=CC=CC1C(Br)Br. The molecule has 0 aromatic carbocycles. The molecule has 12 heavy (non-hydrogen) atoms. The molecule has 1 aliphatic rings. The standard InChI is InChI=1S/C7H6Br2O2S/c8-7(9)5-3-1-2-4-6(5)12(10)11/h1-5,7H. The Balaban J connectivity index is 3.11. The molecular formula is C7H6Br2O2S. The molecule has 1 rings (SSSR count). The maximum Gasteiger partial charge on any atom is 0.217 e. The van der Waals surface area contributed by atoms with Crippen molar-refractivity contribution < 1.29 is 8.42 Å². The zero-order valence-corrected chi connectivity index (χ0v) is 9.93. The number of hydrogen-bond acceptors (Lipinski definition) is 2. The Labute approximate surface area is 89.1 Å². The average Bonchev–Trinajstić information content (AvgIpc) is 2.04. The van der Waals surface area contributed by atoms with Crippen molar-refractivity contribution in [1.29, 1.82) is 0 Å². The lowest BCUT2D eigenvalue weighted by Gasteiger charge is -2.14. The van der Waals surface area contributed by atoms with E-state index in [1.54, 1.807) is 12.2 Å². The minimum Gasteiger partial charge on any atom is -0.184 e. The molecule has 0 bridgehead atoms. The number of rotatable bonds is 1. The maximum absolute atomic E-state index is 10.7. The summed E-state index contributed by atoms with van der Waals surface area (Å²) in [7, 11) is -2.13. The molecule has 1 unspecified atom stereocenters. The quantitative estimate of drug-likeness (QED) is 0.547. The third-order valence-corrected chi connectivity index (χ3v) is 3.41. The van der Waals surface area contributed by atoms with Crippen LogP contribution in [-0.2, 0) is 10.3 Å². The fourth-order valence-electron chi connectivity index (χ4n) is 0.915. The van der Waals surface area contributed by atoms with Gasteiger partial charge in [-0.05, 0) is 6.08 Å². The monoisotopic (exact) mass is 312 g/mol. The molecule has 5 heteroatoms. The summed E-state index contributed by atoms with van der Waals surface area (Å²) in [6, 6.07) is 0. The van der Waals surface area contributed by atoms with Gasteiger partial charge in [0.1, 0.15) is 0 Å². The highest BCUT2D eigenvalue weighted by atomic mass is 79.9. The lowest BCUT2D eigenvalue weighted by atomic mass is 10.0. The van der Waals surface area contributed by atoms with Gasteiger partial charge in [-0.25, -0.2) is 0 Å². The second-order valence-electron chi connectivity index (χ2n) is 2.24. The lowest BCUT2D eigenvalue weighted by molar-refractivity contribution is 0.626. The van der Waals surface area contributed by atoms with Gasteiger partial charge in [-0.1, -0.05) is 50.1 Å². The first-order valence-corrected chi connectivity index (χ1v) is 6.12. The zero-order chi connectivity index (χ0) is 9.14. The van der Waals surface area contributed by atoms with E-state index in [-0.39, 0.29) is 9.65 Å². The summed E-state index contributed by atoms with van der Waals surface area (Å²) in [4.78, 5) is 0.399. The van der Waals surface area contributed by atoms with Crippen molar-refractivity contribution in [2.75, 3.05) is 0 Å². The highest BCUT2D eigenvalue weighted by Crippen LogP contribution is 2.24. The highest BCUT2D eigenvalue weighted by molar-refractivity contribution is 9.24. The topological polar surface area (TPSA) is 34.1 Å². The summed E-state index contributed by atoms with van der Waals surface area (Å²) < 4.78 is 21.4. The summed E-state index contributed by atoms with van der Waals surface area (Å²) >= 11 is 6.56. The third-order valence-electron chi connectivity index (χ3n) is 1.48. The normalized spacial score (nSPS) is 21.9. The summed E-state index contributed by atoms with van der Waals surface area (Å²) in [6.07, 6.45) is 6.98. The smallest absolute Gasteiger partial charge is 0.184 e. The van der Waals surface area contributed by atoms with E-state index in [0.29, 0.717) is 4.86 Å². The Morgan fingerprint density at radius 3 is 2.42 bits per heavy atom. The molecule has 0 aromatic heterocycles. The van der Waals surface area contributed by atoms with Crippen LogP contribution in [0, 0.1) is 5.92 Å². The van der Waals surface area contributed by atoms with Crippen molar-refractivity contribution in [1.82, 2.24) is 0 Å². The average molecular weight is 314 g/mol. The van der Waals surface area contributed by atoms with Gasteiger partial charge < -0.3 is 0 Å². The Kier molecular flexibility index (Phi) is 3.74. The molecule has 0 aliphatic heterocycles. The van der Waals surface area contributed by atoms with Crippen LogP contribution in [0.15, 0.2) is 24.3 Å². The van der Waals surface area contributed by atoms with E-state index in [2.05, 4.69) is 31.9 Å². The molecule has 0 N–H and O–H groups in total. The molecule has 0 aromatic rings. The second kappa shape index (κ2) is 4.39. The third kappa shape index (κ3) is 2.31. The molecule has 66 valence electrons. The van der Waals surface area contributed by atoms with Crippen molar-refractivity contribution in [2.45, 2.75) is 3.74 Å². The molecular weight excluding hydrogens is 308 g/mol. The van der Waals surface area contributed by atoms with Gasteiger partial charge in [-0.3, -0.25) is 0 Å². The second-order valence-corrected chi connectivity index (χ2v) is 6.38. The molecule has 0 spiro atoms. The predicted molar refractivity (Wildman–Crippen MR) is 57.3 cm³/mol. The van der Waals surface area contributed by atoms with E-state index in [4.69, 9.17) is 0 Å².